The summed E-state index contributed by atoms with van der Waals surface area (Å²) in [5.41, 5.74) is 1.90. The molecule has 0 bridgehead atoms. The van der Waals surface area contributed by atoms with Gasteiger partial charge in [0.1, 0.15) is 5.15 Å². The first-order chi connectivity index (χ1) is 7.22. The summed E-state index contributed by atoms with van der Waals surface area (Å²) < 4.78 is 5.22. The van der Waals surface area contributed by atoms with E-state index in [-0.39, 0.29) is 0 Å². The Kier molecular flexibility index (Phi) is 2.73. The van der Waals surface area contributed by atoms with Gasteiger partial charge < -0.3 is 4.42 Å². The Labute approximate surface area is 93.1 Å². The Bertz CT molecular complexity index is 442. The molecule has 0 aliphatic heterocycles. The van der Waals surface area contributed by atoms with Crippen molar-refractivity contribution < 1.29 is 4.42 Å². The molecule has 0 unspecified atom stereocenters. The maximum atomic E-state index is 6.06. The molecule has 4 heteroatoms. The smallest absolute Gasteiger partial charge is 0.197 e. The van der Waals surface area contributed by atoms with E-state index in [1.807, 2.05) is 19.9 Å². The van der Waals surface area contributed by atoms with E-state index >= 15 is 0 Å². The molecule has 2 rings (SSSR count). The Balaban J connectivity index is 2.53. The fourth-order valence-corrected chi connectivity index (χ4v) is 1.83. The van der Waals surface area contributed by atoms with Crippen LogP contribution < -0.4 is 0 Å². The molecule has 0 fully saturated rings. The van der Waals surface area contributed by atoms with Gasteiger partial charge in [-0.15, -0.1) is 0 Å². The largest absolute Gasteiger partial charge is 0.461 e. The highest BCUT2D eigenvalue weighted by Crippen LogP contribution is 2.22. The monoisotopic (exact) mass is 222 g/mol. The van der Waals surface area contributed by atoms with Crippen LogP contribution in [0, 0.1) is 6.92 Å². The third-order valence-corrected chi connectivity index (χ3v) is 2.57. The Morgan fingerprint density at radius 3 is 2.73 bits per heavy atom. The van der Waals surface area contributed by atoms with Gasteiger partial charge in [0, 0.05) is 11.3 Å². The Morgan fingerprint density at radius 2 is 2.20 bits per heavy atom. The van der Waals surface area contributed by atoms with Crippen LogP contribution in [-0.4, -0.2) is 9.97 Å². The molecular weight excluding hydrogens is 212 g/mol. The first kappa shape index (κ1) is 10.2. The van der Waals surface area contributed by atoms with E-state index in [0.717, 1.165) is 17.7 Å². The molecule has 15 heavy (non-hydrogen) atoms. The van der Waals surface area contributed by atoms with Gasteiger partial charge in [-0.3, -0.25) is 0 Å². The van der Waals surface area contributed by atoms with Crippen LogP contribution in [0.2, 0.25) is 5.15 Å². The molecule has 2 heterocycles. The van der Waals surface area contributed by atoms with Gasteiger partial charge in [0.25, 0.3) is 0 Å². The van der Waals surface area contributed by atoms with Gasteiger partial charge in [-0.1, -0.05) is 18.5 Å². The Morgan fingerprint density at radius 1 is 1.40 bits per heavy atom. The van der Waals surface area contributed by atoms with E-state index in [1.54, 1.807) is 12.3 Å². The quantitative estimate of drug-likeness (QED) is 0.733. The molecule has 3 nitrogen and oxygen atoms in total. The van der Waals surface area contributed by atoms with Crippen molar-refractivity contribution in [3.8, 4) is 11.6 Å². The fourth-order valence-electron chi connectivity index (χ4n) is 1.48. The zero-order valence-electron chi connectivity index (χ0n) is 8.62. The van der Waals surface area contributed by atoms with Gasteiger partial charge >= 0.3 is 0 Å². The van der Waals surface area contributed by atoms with Gasteiger partial charge in [-0.05, 0) is 25.5 Å². The topological polar surface area (TPSA) is 38.9 Å². The predicted molar refractivity (Wildman–Crippen MR) is 58.9 cm³/mol. The minimum Gasteiger partial charge on any atom is -0.461 e. The van der Waals surface area contributed by atoms with Gasteiger partial charge in [-0.2, -0.15) is 0 Å². The third kappa shape index (κ3) is 1.88. The van der Waals surface area contributed by atoms with Crippen molar-refractivity contribution in [2.45, 2.75) is 20.3 Å². The molecule has 0 amide bonds. The van der Waals surface area contributed by atoms with Gasteiger partial charge in [0.05, 0.1) is 6.26 Å². The number of hydrogen-bond acceptors (Lipinski definition) is 3. The van der Waals surface area contributed by atoms with Crippen LogP contribution in [0.5, 0.6) is 0 Å². The second-order valence-corrected chi connectivity index (χ2v) is 3.59. The van der Waals surface area contributed by atoms with E-state index < -0.39 is 0 Å². The number of halogens is 1. The Hall–Kier alpha value is -1.35. The van der Waals surface area contributed by atoms with Gasteiger partial charge in [-0.25, -0.2) is 9.97 Å². The first-order valence-corrected chi connectivity index (χ1v) is 5.17. The summed E-state index contributed by atoms with van der Waals surface area (Å²) in [4.78, 5) is 8.57. The van der Waals surface area contributed by atoms with Crippen molar-refractivity contribution >= 4 is 11.6 Å². The summed E-state index contributed by atoms with van der Waals surface area (Å²) >= 11 is 6.06. The summed E-state index contributed by atoms with van der Waals surface area (Å²) in [5, 5.41) is 0.511. The molecule has 2 aromatic heterocycles. The zero-order valence-corrected chi connectivity index (χ0v) is 9.38. The van der Waals surface area contributed by atoms with Crippen molar-refractivity contribution in [2.24, 2.45) is 0 Å². The molecule has 78 valence electrons. The lowest BCUT2D eigenvalue weighted by Gasteiger charge is -2.05. The minimum atomic E-state index is 0.511. The van der Waals surface area contributed by atoms with Crippen LogP contribution in [0.3, 0.4) is 0 Å². The second-order valence-electron chi connectivity index (χ2n) is 3.23. The third-order valence-electron chi connectivity index (χ3n) is 2.26. The standard InChI is InChI=1S/C11H11ClN2O/c1-3-8-7(2)13-11(14-10(8)12)9-5-4-6-15-9/h4-6H,3H2,1-2H3. The minimum absolute atomic E-state index is 0.511. The van der Waals surface area contributed by atoms with Crippen LogP contribution in [0.4, 0.5) is 0 Å². The molecule has 0 saturated heterocycles. The average Bonchev–Trinajstić information content (AvgIpc) is 2.69. The van der Waals surface area contributed by atoms with Crippen LogP contribution in [0.25, 0.3) is 11.6 Å². The summed E-state index contributed by atoms with van der Waals surface area (Å²) in [6.45, 7) is 3.96. The number of aryl methyl sites for hydroxylation is 1. The van der Waals surface area contributed by atoms with E-state index in [2.05, 4.69) is 9.97 Å². The van der Waals surface area contributed by atoms with E-state index in [1.165, 1.54) is 0 Å². The number of aromatic nitrogens is 2. The lowest BCUT2D eigenvalue weighted by Crippen LogP contribution is -1.98. The fraction of sp³-hybridized carbons (Fsp3) is 0.273. The molecule has 0 atom stereocenters. The molecular formula is C11H11ClN2O. The van der Waals surface area contributed by atoms with Crippen molar-refractivity contribution in [1.29, 1.82) is 0 Å². The number of nitrogens with zero attached hydrogens (tertiary/aromatic N) is 2. The van der Waals surface area contributed by atoms with Gasteiger partial charge in [0.2, 0.25) is 0 Å². The van der Waals surface area contributed by atoms with Crippen molar-refractivity contribution in [3.63, 3.8) is 0 Å². The lowest BCUT2D eigenvalue weighted by atomic mass is 10.2. The molecule has 0 radical (unpaired) electrons. The summed E-state index contributed by atoms with van der Waals surface area (Å²) in [6.07, 6.45) is 2.43. The maximum absolute atomic E-state index is 6.06. The van der Waals surface area contributed by atoms with Crippen LogP contribution >= 0.6 is 11.6 Å². The van der Waals surface area contributed by atoms with Crippen LogP contribution in [-0.2, 0) is 6.42 Å². The number of rotatable bonds is 2. The average molecular weight is 223 g/mol. The molecule has 0 N–H and O–H groups in total. The molecule has 0 aliphatic rings. The number of furan rings is 1. The molecule has 2 aromatic rings. The summed E-state index contributed by atoms with van der Waals surface area (Å²) in [7, 11) is 0. The predicted octanol–water partition coefficient (Wildman–Crippen LogP) is 3.26. The highest BCUT2D eigenvalue weighted by Gasteiger charge is 2.11. The maximum Gasteiger partial charge on any atom is 0.197 e. The van der Waals surface area contributed by atoms with Crippen LogP contribution in [0.1, 0.15) is 18.2 Å². The van der Waals surface area contributed by atoms with Gasteiger partial charge in [0.15, 0.2) is 11.6 Å². The molecule has 0 aromatic carbocycles. The van der Waals surface area contributed by atoms with E-state index in [4.69, 9.17) is 16.0 Å². The van der Waals surface area contributed by atoms with Crippen molar-refractivity contribution in [2.75, 3.05) is 0 Å². The first-order valence-electron chi connectivity index (χ1n) is 4.79. The molecule has 0 aliphatic carbocycles. The van der Waals surface area contributed by atoms with Crippen LogP contribution in [0.15, 0.2) is 22.8 Å². The zero-order chi connectivity index (χ0) is 10.8. The summed E-state index contributed by atoms with van der Waals surface area (Å²) in [5.74, 6) is 1.18. The van der Waals surface area contributed by atoms with E-state index in [9.17, 15) is 0 Å². The van der Waals surface area contributed by atoms with Crippen molar-refractivity contribution in [1.82, 2.24) is 9.97 Å². The highest BCUT2D eigenvalue weighted by molar-refractivity contribution is 6.30. The SMILES string of the molecule is CCc1c(C)nc(-c2ccco2)nc1Cl. The number of hydrogen-bond donors (Lipinski definition) is 0. The molecule has 0 saturated carbocycles. The van der Waals surface area contributed by atoms with E-state index in [0.29, 0.717) is 16.7 Å². The second kappa shape index (κ2) is 4.03. The van der Waals surface area contributed by atoms with Crippen molar-refractivity contribution in [3.05, 3.63) is 34.8 Å². The lowest BCUT2D eigenvalue weighted by molar-refractivity contribution is 0.576. The molecule has 0 spiro atoms. The normalized spacial score (nSPS) is 10.6. The highest BCUT2D eigenvalue weighted by atomic mass is 35.5. The summed E-state index contributed by atoms with van der Waals surface area (Å²) in [6, 6.07) is 3.62.